The van der Waals surface area contributed by atoms with Gasteiger partial charge in [-0.25, -0.2) is 4.98 Å². The number of nitrogens with one attached hydrogen (secondary N) is 2. The quantitative estimate of drug-likeness (QED) is 0.822. The van der Waals surface area contributed by atoms with Gasteiger partial charge in [0.25, 0.3) is 5.91 Å². The van der Waals surface area contributed by atoms with Crippen LogP contribution in [0.4, 0.5) is 10.8 Å². The van der Waals surface area contributed by atoms with Gasteiger partial charge in [-0.05, 0) is 31.9 Å². The normalized spacial score (nSPS) is 14.7. The molecule has 1 aliphatic rings. The van der Waals surface area contributed by atoms with E-state index in [9.17, 15) is 9.59 Å². The fourth-order valence-corrected chi connectivity index (χ4v) is 3.99. The number of benzene rings is 1. The van der Waals surface area contributed by atoms with Gasteiger partial charge in [0.2, 0.25) is 5.91 Å². The lowest BCUT2D eigenvalue weighted by molar-refractivity contribution is -0.120. The van der Waals surface area contributed by atoms with Gasteiger partial charge < -0.3 is 15.4 Å². The first-order valence-corrected chi connectivity index (χ1v) is 9.62. The Morgan fingerprint density at radius 3 is 2.69 bits per heavy atom. The molecule has 0 atom stereocenters. The Morgan fingerprint density at radius 2 is 1.96 bits per heavy atom. The molecule has 1 aliphatic carbocycles. The zero-order valence-electron chi connectivity index (χ0n) is 15.0. The molecular weight excluding hydrogens is 350 g/mol. The highest BCUT2D eigenvalue weighted by Crippen LogP contribution is 2.28. The van der Waals surface area contributed by atoms with E-state index in [2.05, 4.69) is 15.6 Å². The molecule has 0 spiro atoms. The molecule has 6 nitrogen and oxygen atoms in total. The van der Waals surface area contributed by atoms with E-state index < -0.39 is 0 Å². The van der Waals surface area contributed by atoms with E-state index in [1.54, 1.807) is 26.2 Å². The summed E-state index contributed by atoms with van der Waals surface area (Å²) in [4.78, 5) is 29.7. The number of amides is 2. The number of nitrogens with zero attached hydrogens (tertiary/aromatic N) is 1. The van der Waals surface area contributed by atoms with Gasteiger partial charge in [-0.2, -0.15) is 0 Å². The number of carbonyl (C=O) groups excluding carboxylic acids is 2. The molecule has 3 rings (SSSR count). The summed E-state index contributed by atoms with van der Waals surface area (Å²) in [6.45, 7) is 1.77. The third-order valence-corrected chi connectivity index (χ3v) is 5.61. The fraction of sp³-hybridized carbons (Fsp3) is 0.421. The Balaban J connectivity index is 1.66. The number of carbonyl (C=O) groups is 2. The van der Waals surface area contributed by atoms with Gasteiger partial charge in [0.15, 0.2) is 5.13 Å². The van der Waals surface area contributed by atoms with Gasteiger partial charge in [-0.3, -0.25) is 9.59 Å². The molecule has 1 aromatic heterocycles. The standard InChI is InChI=1S/C19H23N3O3S/c1-12-16(18(24)21-14-9-6-10-15(11-14)25-2)26-19(20-12)22-17(23)13-7-4-3-5-8-13/h6,9-11,13H,3-5,7-8H2,1-2H3,(H,21,24)(H,20,22,23). The summed E-state index contributed by atoms with van der Waals surface area (Å²) in [6.07, 6.45) is 5.26. The van der Waals surface area contributed by atoms with Gasteiger partial charge in [0, 0.05) is 17.7 Å². The smallest absolute Gasteiger partial charge is 0.267 e. The molecule has 138 valence electrons. The molecule has 26 heavy (non-hydrogen) atoms. The van der Waals surface area contributed by atoms with Gasteiger partial charge in [0.05, 0.1) is 12.8 Å². The molecule has 1 aromatic carbocycles. The first kappa shape index (κ1) is 18.4. The molecule has 1 saturated carbocycles. The number of hydrogen-bond acceptors (Lipinski definition) is 5. The van der Waals surface area contributed by atoms with Crippen molar-refractivity contribution in [3.63, 3.8) is 0 Å². The number of methoxy groups -OCH3 is 1. The number of rotatable bonds is 5. The van der Waals surface area contributed by atoms with Crippen molar-refractivity contribution in [3.05, 3.63) is 34.8 Å². The van der Waals surface area contributed by atoms with Crippen molar-refractivity contribution in [1.82, 2.24) is 4.98 Å². The van der Waals surface area contributed by atoms with Crippen molar-refractivity contribution >= 4 is 34.0 Å². The van der Waals surface area contributed by atoms with E-state index >= 15 is 0 Å². The second kappa shape index (κ2) is 8.31. The van der Waals surface area contributed by atoms with Crippen LogP contribution in [-0.4, -0.2) is 23.9 Å². The molecule has 0 bridgehead atoms. The summed E-state index contributed by atoms with van der Waals surface area (Å²) in [5, 5.41) is 6.20. The SMILES string of the molecule is COc1cccc(NC(=O)c2sc(NC(=O)C3CCCCC3)nc2C)c1. The Labute approximate surface area is 157 Å². The molecule has 2 amide bonds. The lowest BCUT2D eigenvalue weighted by Crippen LogP contribution is -2.24. The number of thiazole rings is 1. The Hall–Kier alpha value is -2.41. The monoisotopic (exact) mass is 373 g/mol. The molecule has 0 saturated heterocycles. The minimum absolute atomic E-state index is 0.0122. The lowest BCUT2D eigenvalue weighted by atomic mass is 9.89. The highest BCUT2D eigenvalue weighted by molar-refractivity contribution is 7.17. The molecule has 2 aromatic rings. The van der Waals surface area contributed by atoms with Crippen LogP contribution in [0.25, 0.3) is 0 Å². The van der Waals surface area contributed by atoms with Crippen LogP contribution in [0.15, 0.2) is 24.3 Å². The van der Waals surface area contributed by atoms with Crippen LogP contribution < -0.4 is 15.4 Å². The van der Waals surface area contributed by atoms with Crippen molar-refractivity contribution in [2.75, 3.05) is 17.7 Å². The van der Waals surface area contributed by atoms with Crippen LogP contribution in [0, 0.1) is 12.8 Å². The van der Waals surface area contributed by atoms with Crippen LogP contribution >= 0.6 is 11.3 Å². The van der Waals surface area contributed by atoms with Crippen LogP contribution in [-0.2, 0) is 4.79 Å². The summed E-state index contributed by atoms with van der Waals surface area (Å²) in [7, 11) is 1.58. The van der Waals surface area contributed by atoms with Crippen molar-refractivity contribution in [2.24, 2.45) is 5.92 Å². The van der Waals surface area contributed by atoms with E-state index in [1.807, 2.05) is 12.1 Å². The molecule has 1 fully saturated rings. The zero-order chi connectivity index (χ0) is 18.5. The largest absolute Gasteiger partial charge is 0.497 e. The predicted octanol–water partition coefficient (Wildman–Crippen LogP) is 4.23. The van der Waals surface area contributed by atoms with E-state index in [0.29, 0.717) is 27.1 Å². The molecule has 0 unspecified atom stereocenters. The first-order valence-electron chi connectivity index (χ1n) is 8.80. The van der Waals surface area contributed by atoms with E-state index in [1.165, 1.54) is 17.8 Å². The van der Waals surface area contributed by atoms with Crippen molar-refractivity contribution < 1.29 is 14.3 Å². The molecule has 0 aliphatic heterocycles. The lowest BCUT2D eigenvalue weighted by Gasteiger charge is -2.19. The summed E-state index contributed by atoms with van der Waals surface area (Å²) < 4.78 is 5.16. The number of hydrogen-bond donors (Lipinski definition) is 2. The maximum Gasteiger partial charge on any atom is 0.267 e. The van der Waals surface area contributed by atoms with Gasteiger partial charge in [-0.1, -0.05) is 36.7 Å². The first-order chi connectivity index (χ1) is 12.6. The Kier molecular flexibility index (Phi) is 5.88. The highest BCUT2D eigenvalue weighted by atomic mass is 32.1. The van der Waals surface area contributed by atoms with Crippen molar-refractivity contribution in [1.29, 1.82) is 0 Å². The topological polar surface area (TPSA) is 80.3 Å². The van der Waals surface area contributed by atoms with Gasteiger partial charge in [0.1, 0.15) is 10.6 Å². The summed E-state index contributed by atoms with van der Waals surface area (Å²) >= 11 is 1.20. The predicted molar refractivity (Wildman–Crippen MR) is 103 cm³/mol. The third kappa shape index (κ3) is 4.40. The highest BCUT2D eigenvalue weighted by Gasteiger charge is 2.23. The molecule has 7 heteroatoms. The van der Waals surface area contributed by atoms with E-state index in [4.69, 9.17) is 4.74 Å². The minimum atomic E-state index is -0.244. The summed E-state index contributed by atoms with van der Waals surface area (Å²) in [5.74, 6) is 0.496. The summed E-state index contributed by atoms with van der Waals surface area (Å²) in [5.41, 5.74) is 1.25. The van der Waals surface area contributed by atoms with Gasteiger partial charge >= 0.3 is 0 Å². The van der Waals surface area contributed by atoms with Crippen LogP contribution in [0.2, 0.25) is 0 Å². The van der Waals surface area contributed by atoms with Crippen LogP contribution in [0.1, 0.15) is 47.5 Å². The number of anilines is 2. The Morgan fingerprint density at radius 1 is 1.19 bits per heavy atom. The number of ether oxygens (including phenoxy) is 1. The van der Waals surface area contributed by atoms with E-state index in [0.717, 1.165) is 25.7 Å². The second-order valence-corrected chi connectivity index (χ2v) is 7.44. The average molecular weight is 373 g/mol. The van der Waals surface area contributed by atoms with Crippen LogP contribution in [0.5, 0.6) is 5.75 Å². The second-order valence-electron chi connectivity index (χ2n) is 6.44. The third-order valence-electron chi connectivity index (χ3n) is 4.54. The average Bonchev–Trinajstić information content (AvgIpc) is 3.03. The van der Waals surface area contributed by atoms with Crippen molar-refractivity contribution in [2.45, 2.75) is 39.0 Å². The number of aromatic nitrogens is 1. The molecule has 2 N–H and O–H groups in total. The zero-order valence-corrected chi connectivity index (χ0v) is 15.8. The maximum absolute atomic E-state index is 12.5. The molecule has 1 heterocycles. The number of aryl methyl sites for hydroxylation is 1. The fourth-order valence-electron chi connectivity index (χ4n) is 3.12. The summed E-state index contributed by atoms with van der Waals surface area (Å²) in [6, 6.07) is 7.17. The maximum atomic E-state index is 12.5. The van der Waals surface area contributed by atoms with Crippen molar-refractivity contribution in [3.8, 4) is 5.75 Å². The Bertz CT molecular complexity index is 797. The van der Waals surface area contributed by atoms with Crippen LogP contribution in [0.3, 0.4) is 0 Å². The molecule has 0 radical (unpaired) electrons. The van der Waals surface area contributed by atoms with E-state index in [-0.39, 0.29) is 17.7 Å². The molecular formula is C19H23N3O3S. The minimum Gasteiger partial charge on any atom is -0.497 e. The van der Waals surface area contributed by atoms with Gasteiger partial charge in [-0.15, -0.1) is 0 Å².